The van der Waals surface area contributed by atoms with Gasteiger partial charge in [0, 0.05) is 19.8 Å². The van der Waals surface area contributed by atoms with Gasteiger partial charge in [0.1, 0.15) is 0 Å². The van der Waals surface area contributed by atoms with E-state index in [1.54, 1.807) is 7.11 Å². The van der Waals surface area contributed by atoms with Crippen molar-refractivity contribution in [3.05, 3.63) is 0 Å². The van der Waals surface area contributed by atoms with Gasteiger partial charge in [-0.15, -0.1) is 0 Å². The van der Waals surface area contributed by atoms with Crippen LogP contribution in [0.25, 0.3) is 0 Å². The van der Waals surface area contributed by atoms with Crippen molar-refractivity contribution in [3.63, 3.8) is 0 Å². The Bertz CT molecular complexity index is 175. The number of hydrogen-bond donors (Lipinski definition) is 1. The molecule has 1 saturated carbocycles. The van der Waals surface area contributed by atoms with E-state index in [9.17, 15) is 0 Å². The summed E-state index contributed by atoms with van der Waals surface area (Å²) >= 11 is 0. The largest absolute Gasteiger partial charge is 0.381 e. The first kappa shape index (κ1) is 13.9. The molecule has 3 nitrogen and oxygen atoms in total. The monoisotopic (exact) mass is 229 g/mol. The third-order valence-corrected chi connectivity index (χ3v) is 3.37. The van der Waals surface area contributed by atoms with E-state index in [0.717, 1.165) is 26.0 Å². The van der Waals surface area contributed by atoms with Gasteiger partial charge in [-0.05, 0) is 45.6 Å². The molecular formula is C13H27NO2. The first-order chi connectivity index (χ1) is 7.76. The highest BCUT2D eigenvalue weighted by Crippen LogP contribution is 2.23. The Hall–Kier alpha value is -0.120. The van der Waals surface area contributed by atoms with E-state index < -0.39 is 0 Å². The molecule has 0 radical (unpaired) electrons. The molecule has 0 aromatic carbocycles. The van der Waals surface area contributed by atoms with E-state index in [1.165, 1.54) is 19.3 Å². The molecule has 0 amide bonds. The average Bonchev–Trinajstić information content (AvgIpc) is 2.30. The Kier molecular flexibility index (Phi) is 7.01. The maximum Gasteiger partial charge on any atom is 0.0599 e. The minimum atomic E-state index is 0.421. The minimum absolute atomic E-state index is 0.421. The van der Waals surface area contributed by atoms with Crippen LogP contribution in [-0.2, 0) is 9.47 Å². The number of nitrogens with one attached hydrogen (secondary N) is 1. The first-order valence-electron chi connectivity index (χ1n) is 6.64. The number of rotatable bonds is 7. The summed E-state index contributed by atoms with van der Waals surface area (Å²) in [6, 6.07) is 0.562. The van der Waals surface area contributed by atoms with Crippen molar-refractivity contribution < 1.29 is 9.47 Å². The van der Waals surface area contributed by atoms with Crippen molar-refractivity contribution in [1.82, 2.24) is 5.32 Å². The van der Waals surface area contributed by atoms with Crippen LogP contribution in [0.15, 0.2) is 0 Å². The third kappa shape index (κ3) is 5.28. The standard InChI is InChI=1S/C13H27NO2/c1-4-14-11(2)8-9-16-13-7-5-6-12(10-13)15-3/h11-14H,4-10H2,1-3H3. The molecule has 1 aliphatic carbocycles. The SMILES string of the molecule is CCNC(C)CCOC1CCCC(OC)C1. The van der Waals surface area contributed by atoms with Crippen molar-refractivity contribution in [2.24, 2.45) is 0 Å². The number of methoxy groups -OCH3 is 1. The van der Waals surface area contributed by atoms with E-state index in [2.05, 4.69) is 19.2 Å². The first-order valence-corrected chi connectivity index (χ1v) is 6.64. The molecule has 16 heavy (non-hydrogen) atoms. The van der Waals surface area contributed by atoms with Crippen LogP contribution in [0.5, 0.6) is 0 Å². The highest BCUT2D eigenvalue weighted by Gasteiger charge is 2.21. The summed E-state index contributed by atoms with van der Waals surface area (Å²) in [6.45, 7) is 6.26. The van der Waals surface area contributed by atoms with Gasteiger partial charge in [0.15, 0.2) is 0 Å². The highest BCUT2D eigenvalue weighted by atomic mass is 16.5. The summed E-state index contributed by atoms with van der Waals surface area (Å²) in [5.41, 5.74) is 0. The Labute approximate surface area is 99.9 Å². The molecule has 1 N–H and O–H groups in total. The highest BCUT2D eigenvalue weighted by molar-refractivity contribution is 4.73. The molecule has 0 aromatic rings. The van der Waals surface area contributed by atoms with Crippen LogP contribution in [0, 0.1) is 0 Å². The van der Waals surface area contributed by atoms with Crippen molar-refractivity contribution in [3.8, 4) is 0 Å². The summed E-state index contributed by atoms with van der Waals surface area (Å²) < 4.78 is 11.3. The van der Waals surface area contributed by atoms with Gasteiger partial charge in [-0.3, -0.25) is 0 Å². The summed E-state index contributed by atoms with van der Waals surface area (Å²) in [5.74, 6) is 0. The molecule has 96 valence electrons. The second-order valence-electron chi connectivity index (χ2n) is 4.76. The molecule has 0 aliphatic heterocycles. The maximum atomic E-state index is 5.91. The summed E-state index contributed by atoms with van der Waals surface area (Å²) in [4.78, 5) is 0. The van der Waals surface area contributed by atoms with Crippen LogP contribution in [0.2, 0.25) is 0 Å². The minimum Gasteiger partial charge on any atom is -0.381 e. The van der Waals surface area contributed by atoms with Gasteiger partial charge in [0.2, 0.25) is 0 Å². The Balaban J connectivity index is 2.08. The lowest BCUT2D eigenvalue weighted by Gasteiger charge is -2.28. The Morgan fingerprint density at radius 3 is 2.75 bits per heavy atom. The quantitative estimate of drug-likeness (QED) is 0.727. The Morgan fingerprint density at radius 1 is 1.31 bits per heavy atom. The van der Waals surface area contributed by atoms with Gasteiger partial charge < -0.3 is 14.8 Å². The Morgan fingerprint density at radius 2 is 2.06 bits per heavy atom. The molecule has 3 atom stereocenters. The molecule has 3 unspecified atom stereocenters. The van der Waals surface area contributed by atoms with Crippen LogP contribution in [-0.4, -0.2) is 38.5 Å². The number of ether oxygens (including phenoxy) is 2. The van der Waals surface area contributed by atoms with Crippen molar-refractivity contribution in [1.29, 1.82) is 0 Å². The molecule has 0 aromatic heterocycles. The fourth-order valence-electron chi connectivity index (χ4n) is 2.33. The van der Waals surface area contributed by atoms with E-state index in [1.807, 2.05) is 0 Å². The average molecular weight is 229 g/mol. The van der Waals surface area contributed by atoms with Crippen LogP contribution < -0.4 is 5.32 Å². The molecule has 1 fully saturated rings. The van der Waals surface area contributed by atoms with E-state index >= 15 is 0 Å². The zero-order chi connectivity index (χ0) is 11.8. The van der Waals surface area contributed by atoms with Gasteiger partial charge in [-0.1, -0.05) is 6.92 Å². The van der Waals surface area contributed by atoms with Gasteiger partial charge in [-0.25, -0.2) is 0 Å². The normalized spacial score (nSPS) is 27.9. The van der Waals surface area contributed by atoms with E-state index in [-0.39, 0.29) is 0 Å². The van der Waals surface area contributed by atoms with Crippen molar-refractivity contribution in [2.45, 2.75) is 64.2 Å². The molecule has 0 heterocycles. The molecule has 0 spiro atoms. The molecule has 1 rings (SSSR count). The summed E-state index contributed by atoms with van der Waals surface area (Å²) in [5, 5.41) is 3.40. The van der Waals surface area contributed by atoms with Crippen molar-refractivity contribution in [2.75, 3.05) is 20.3 Å². The lowest BCUT2D eigenvalue weighted by molar-refractivity contribution is -0.0312. The predicted octanol–water partition coefficient (Wildman–Crippen LogP) is 2.35. The predicted molar refractivity (Wildman–Crippen MR) is 66.8 cm³/mol. The molecule has 0 saturated heterocycles. The fourth-order valence-corrected chi connectivity index (χ4v) is 2.33. The lowest BCUT2D eigenvalue weighted by atomic mass is 9.95. The summed E-state index contributed by atoms with van der Waals surface area (Å²) in [7, 11) is 1.81. The van der Waals surface area contributed by atoms with Gasteiger partial charge in [0.05, 0.1) is 12.2 Å². The second kappa shape index (κ2) is 8.04. The van der Waals surface area contributed by atoms with E-state index in [0.29, 0.717) is 18.2 Å². The van der Waals surface area contributed by atoms with Crippen LogP contribution in [0.1, 0.15) is 46.0 Å². The maximum absolute atomic E-state index is 5.91. The van der Waals surface area contributed by atoms with E-state index in [4.69, 9.17) is 9.47 Å². The van der Waals surface area contributed by atoms with Gasteiger partial charge in [0.25, 0.3) is 0 Å². The van der Waals surface area contributed by atoms with Gasteiger partial charge in [-0.2, -0.15) is 0 Å². The molecule has 0 bridgehead atoms. The second-order valence-corrected chi connectivity index (χ2v) is 4.76. The number of hydrogen-bond acceptors (Lipinski definition) is 3. The third-order valence-electron chi connectivity index (χ3n) is 3.37. The fraction of sp³-hybridized carbons (Fsp3) is 1.00. The summed E-state index contributed by atoms with van der Waals surface area (Å²) in [6.07, 6.45) is 6.66. The molecular weight excluding hydrogens is 202 g/mol. The van der Waals surface area contributed by atoms with Gasteiger partial charge >= 0.3 is 0 Å². The van der Waals surface area contributed by atoms with Crippen LogP contribution >= 0.6 is 0 Å². The smallest absolute Gasteiger partial charge is 0.0599 e. The van der Waals surface area contributed by atoms with Crippen LogP contribution in [0.3, 0.4) is 0 Å². The zero-order valence-corrected chi connectivity index (χ0v) is 11.0. The lowest BCUT2D eigenvalue weighted by Crippen LogP contribution is -2.30. The molecule has 1 aliphatic rings. The molecule has 3 heteroatoms. The zero-order valence-electron chi connectivity index (χ0n) is 11.0. The van der Waals surface area contributed by atoms with Crippen molar-refractivity contribution >= 4 is 0 Å². The van der Waals surface area contributed by atoms with Crippen LogP contribution in [0.4, 0.5) is 0 Å². The topological polar surface area (TPSA) is 30.5 Å².